The molecule has 1 aliphatic carbocycles. The van der Waals surface area contributed by atoms with E-state index >= 15 is 0 Å². The number of amides is 2. The number of nitrogens with one attached hydrogen (secondary N) is 1. The average Bonchev–Trinajstić information content (AvgIpc) is 3.43. The molecule has 4 nitrogen and oxygen atoms in total. The van der Waals surface area contributed by atoms with Crippen LogP contribution in [0, 0.1) is 6.92 Å². The molecule has 1 atom stereocenters. The third-order valence-electron chi connectivity index (χ3n) is 7.05. The molecule has 3 aromatic rings. The van der Waals surface area contributed by atoms with Gasteiger partial charge in [-0.2, -0.15) is 0 Å². The van der Waals surface area contributed by atoms with E-state index in [0.29, 0.717) is 16.5 Å². The van der Waals surface area contributed by atoms with Gasteiger partial charge in [0.15, 0.2) is 0 Å². The van der Waals surface area contributed by atoms with Crippen LogP contribution in [-0.2, 0) is 28.3 Å². The molecule has 1 fully saturated rings. The molecule has 2 amide bonds. The van der Waals surface area contributed by atoms with Crippen LogP contribution in [-0.4, -0.2) is 34.6 Å². The van der Waals surface area contributed by atoms with Gasteiger partial charge in [-0.3, -0.25) is 9.59 Å². The van der Waals surface area contributed by atoms with Crippen LogP contribution in [0.25, 0.3) is 0 Å². The summed E-state index contributed by atoms with van der Waals surface area (Å²) in [5, 5.41) is 4.13. The Balaban J connectivity index is 1.59. The summed E-state index contributed by atoms with van der Waals surface area (Å²) >= 11 is 14.0. The Morgan fingerprint density at radius 2 is 1.66 bits per heavy atom. The number of benzene rings is 3. The molecule has 0 saturated heterocycles. The van der Waals surface area contributed by atoms with E-state index in [0.717, 1.165) is 42.6 Å². The molecule has 200 valence electrons. The molecule has 3 aromatic carbocycles. The van der Waals surface area contributed by atoms with E-state index in [1.165, 1.54) is 11.1 Å². The first-order chi connectivity index (χ1) is 18.4. The zero-order chi connectivity index (χ0) is 26.9. The number of nitrogens with zero attached hydrogens (tertiary/aromatic N) is 1. The normalized spacial score (nSPS) is 14.3. The van der Waals surface area contributed by atoms with Crippen LogP contribution in [0.3, 0.4) is 0 Å². The van der Waals surface area contributed by atoms with Crippen molar-refractivity contribution >= 4 is 46.8 Å². The third-order valence-corrected chi connectivity index (χ3v) is 8.76. The van der Waals surface area contributed by atoms with Crippen molar-refractivity contribution in [2.75, 3.05) is 5.75 Å². The minimum absolute atomic E-state index is 0.0721. The lowest BCUT2D eigenvalue weighted by Gasteiger charge is -2.32. The van der Waals surface area contributed by atoms with Crippen LogP contribution in [0.1, 0.15) is 47.9 Å². The Kier molecular flexibility index (Phi) is 10.6. The van der Waals surface area contributed by atoms with Gasteiger partial charge in [0.05, 0.1) is 15.8 Å². The topological polar surface area (TPSA) is 49.4 Å². The summed E-state index contributed by atoms with van der Waals surface area (Å²) in [6.45, 7) is 2.35. The second-order valence-corrected chi connectivity index (χ2v) is 11.7. The van der Waals surface area contributed by atoms with Gasteiger partial charge in [0, 0.05) is 24.8 Å². The minimum Gasteiger partial charge on any atom is -0.352 e. The Hall–Kier alpha value is -2.47. The number of thioether (sulfide) groups is 1. The molecular weight excluding hydrogens is 535 g/mol. The predicted octanol–water partition coefficient (Wildman–Crippen LogP) is 7.23. The smallest absolute Gasteiger partial charge is 0.243 e. The number of hydrogen-bond donors (Lipinski definition) is 1. The molecule has 38 heavy (non-hydrogen) atoms. The maximum absolute atomic E-state index is 13.8. The van der Waals surface area contributed by atoms with Crippen LogP contribution in [0.15, 0.2) is 72.8 Å². The van der Waals surface area contributed by atoms with Crippen molar-refractivity contribution < 1.29 is 9.59 Å². The maximum atomic E-state index is 13.8. The van der Waals surface area contributed by atoms with Gasteiger partial charge >= 0.3 is 0 Å². The van der Waals surface area contributed by atoms with Crippen LogP contribution in [0.2, 0.25) is 10.0 Å². The molecule has 0 aromatic heterocycles. The summed E-state index contributed by atoms with van der Waals surface area (Å²) in [7, 11) is 0. The highest BCUT2D eigenvalue weighted by Crippen LogP contribution is 2.26. The number of hydrogen-bond acceptors (Lipinski definition) is 3. The molecule has 1 N–H and O–H groups in total. The van der Waals surface area contributed by atoms with E-state index in [4.69, 9.17) is 23.2 Å². The van der Waals surface area contributed by atoms with Crippen molar-refractivity contribution in [3.8, 4) is 0 Å². The second-order valence-electron chi connectivity index (χ2n) is 9.88. The van der Waals surface area contributed by atoms with Crippen molar-refractivity contribution in [1.29, 1.82) is 0 Å². The van der Waals surface area contributed by atoms with E-state index < -0.39 is 6.04 Å². The molecule has 1 unspecified atom stereocenters. The number of aryl methyl sites for hydroxylation is 1. The summed E-state index contributed by atoms with van der Waals surface area (Å²) in [5.74, 6) is 0.837. The van der Waals surface area contributed by atoms with Crippen LogP contribution in [0.4, 0.5) is 0 Å². The Bertz CT molecular complexity index is 1230. The van der Waals surface area contributed by atoms with Crippen molar-refractivity contribution in [3.63, 3.8) is 0 Å². The van der Waals surface area contributed by atoms with E-state index in [1.54, 1.807) is 28.8 Å². The largest absolute Gasteiger partial charge is 0.352 e. The molecule has 1 aliphatic rings. The average molecular weight is 570 g/mol. The van der Waals surface area contributed by atoms with E-state index in [2.05, 4.69) is 24.4 Å². The quantitative estimate of drug-likeness (QED) is 0.265. The minimum atomic E-state index is -0.640. The Morgan fingerprint density at radius 3 is 2.37 bits per heavy atom. The van der Waals surface area contributed by atoms with E-state index in [1.807, 2.05) is 48.5 Å². The second kappa shape index (κ2) is 14.1. The number of carbonyl (C=O) groups excluding carboxylic acids is 2. The highest BCUT2D eigenvalue weighted by atomic mass is 35.5. The predicted molar refractivity (Wildman–Crippen MR) is 159 cm³/mol. The van der Waals surface area contributed by atoms with Gasteiger partial charge < -0.3 is 10.2 Å². The first kappa shape index (κ1) is 28.5. The molecule has 1 saturated carbocycles. The zero-order valence-electron chi connectivity index (χ0n) is 21.7. The lowest BCUT2D eigenvalue weighted by Crippen LogP contribution is -2.52. The van der Waals surface area contributed by atoms with Gasteiger partial charge in [-0.25, -0.2) is 0 Å². The molecular formula is C31H34Cl2N2O2S. The van der Waals surface area contributed by atoms with Crippen molar-refractivity contribution in [1.82, 2.24) is 10.2 Å². The summed E-state index contributed by atoms with van der Waals surface area (Å²) in [6, 6.07) is 23.0. The maximum Gasteiger partial charge on any atom is 0.243 e. The van der Waals surface area contributed by atoms with Crippen molar-refractivity contribution in [3.05, 3.63) is 105 Å². The summed E-state index contributed by atoms with van der Waals surface area (Å²) in [6.07, 6.45) is 4.65. The monoisotopic (exact) mass is 568 g/mol. The van der Waals surface area contributed by atoms with Gasteiger partial charge in [-0.05, 0) is 54.2 Å². The highest BCUT2D eigenvalue weighted by Gasteiger charge is 2.32. The summed E-state index contributed by atoms with van der Waals surface area (Å²) < 4.78 is 0. The number of rotatable bonds is 11. The van der Waals surface area contributed by atoms with Gasteiger partial charge in [-0.15, -0.1) is 11.8 Å². The highest BCUT2D eigenvalue weighted by molar-refractivity contribution is 7.99. The van der Waals surface area contributed by atoms with Gasteiger partial charge in [0.1, 0.15) is 6.04 Å². The van der Waals surface area contributed by atoms with E-state index in [9.17, 15) is 9.59 Å². The molecule has 0 radical (unpaired) electrons. The molecule has 0 heterocycles. The Labute approximate surface area is 240 Å². The fourth-order valence-electron chi connectivity index (χ4n) is 4.86. The van der Waals surface area contributed by atoms with E-state index in [-0.39, 0.29) is 30.2 Å². The fraction of sp³-hybridized carbons (Fsp3) is 0.355. The van der Waals surface area contributed by atoms with Crippen molar-refractivity contribution in [2.45, 2.75) is 63.4 Å². The first-order valence-corrected chi connectivity index (χ1v) is 15.0. The Morgan fingerprint density at radius 1 is 0.947 bits per heavy atom. The molecule has 4 rings (SSSR count). The molecule has 0 bridgehead atoms. The van der Waals surface area contributed by atoms with Crippen molar-refractivity contribution in [2.24, 2.45) is 0 Å². The zero-order valence-corrected chi connectivity index (χ0v) is 24.0. The third kappa shape index (κ3) is 8.02. The molecule has 0 aliphatic heterocycles. The van der Waals surface area contributed by atoms with Crippen LogP contribution in [0.5, 0.6) is 0 Å². The lowest BCUT2D eigenvalue weighted by atomic mass is 10.0. The molecule has 7 heteroatoms. The summed E-state index contributed by atoms with van der Waals surface area (Å²) in [5.41, 5.74) is 4.26. The summed E-state index contributed by atoms with van der Waals surface area (Å²) in [4.78, 5) is 29.3. The number of halogens is 2. The first-order valence-electron chi connectivity index (χ1n) is 13.1. The standard InChI is InChI=1S/C31H34Cl2N2O2S/c1-22-9-5-6-12-25(22)20-38-21-30(36)35(19-24-15-16-27(32)28(33)17-24)29(18-23-10-3-2-4-11-23)31(37)34-26-13-7-8-14-26/h2-6,9-12,15-17,26,29H,7-8,13-14,18-21H2,1H3,(H,34,37). The SMILES string of the molecule is Cc1ccccc1CSCC(=O)N(Cc1ccc(Cl)c(Cl)c1)C(Cc1ccccc1)C(=O)NC1CCCC1. The lowest BCUT2D eigenvalue weighted by molar-refractivity contribution is -0.139. The van der Waals surface area contributed by atoms with Crippen LogP contribution < -0.4 is 5.32 Å². The number of carbonyl (C=O) groups is 2. The fourth-order valence-corrected chi connectivity index (χ4v) is 6.17. The van der Waals surface area contributed by atoms with Gasteiger partial charge in [0.25, 0.3) is 0 Å². The molecule has 0 spiro atoms. The van der Waals surface area contributed by atoms with Crippen LogP contribution >= 0.6 is 35.0 Å². The van der Waals surface area contributed by atoms with Gasteiger partial charge in [-0.1, -0.05) is 96.7 Å². The van der Waals surface area contributed by atoms with Gasteiger partial charge in [0.2, 0.25) is 11.8 Å².